The summed E-state index contributed by atoms with van der Waals surface area (Å²) in [4.78, 5) is 2.37. The lowest BCUT2D eigenvalue weighted by Gasteiger charge is -2.27. The van der Waals surface area contributed by atoms with Crippen LogP contribution in [0.5, 0.6) is 11.5 Å². The van der Waals surface area contributed by atoms with Gasteiger partial charge in [-0.2, -0.15) is 0 Å². The van der Waals surface area contributed by atoms with Crippen molar-refractivity contribution in [1.82, 2.24) is 0 Å². The number of benzene rings is 11. The highest BCUT2D eigenvalue weighted by atomic mass is 16.5. The molecule has 1 heterocycles. The average molecular weight is 790 g/mol. The number of ether oxygens (including phenoxy) is 1. The number of rotatable bonds is 7. The van der Waals surface area contributed by atoms with Crippen LogP contribution in [0, 0.1) is 0 Å². The molecule has 0 saturated carbocycles. The van der Waals surface area contributed by atoms with Crippen molar-refractivity contribution < 1.29 is 4.74 Å². The van der Waals surface area contributed by atoms with Crippen LogP contribution in [0.15, 0.2) is 237 Å². The molecule has 0 unspecified atom stereocenters. The molecule has 0 bridgehead atoms. The monoisotopic (exact) mass is 789 g/mol. The maximum absolute atomic E-state index is 6.46. The number of fused-ring (bicyclic) bond motifs is 4. The SMILES string of the molecule is c1cc(-c2ccc3c4c(cccc24)-c2ccccc2O3)cc(N(c2ccc(-c3ccc(-c4cccc5ccccc45)cc3)cc2)c2ccc(-c3ccc4ccccc4c3)cc2)c1. The van der Waals surface area contributed by atoms with Gasteiger partial charge in [0.25, 0.3) is 0 Å². The van der Waals surface area contributed by atoms with Crippen LogP contribution in [0.25, 0.3) is 88.0 Å². The summed E-state index contributed by atoms with van der Waals surface area (Å²) in [6.45, 7) is 0. The van der Waals surface area contributed by atoms with Gasteiger partial charge in [0.2, 0.25) is 0 Å². The lowest BCUT2D eigenvalue weighted by atomic mass is 9.90. The second-order valence-corrected chi connectivity index (χ2v) is 16.1. The third-order valence-electron chi connectivity index (χ3n) is 12.5. The molecule has 11 aromatic carbocycles. The Balaban J connectivity index is 0.931. The Morgan fingerprint density at radius 1 is 0.258 bits per heavy atom. The molecule has 0 aliphatic carbocycles. The molecule has 0 saturated heterocycles. The van der Waals surface area contributed by atoms with E-state index in [0.29, 0.717) is 0 Å². The van der Waals surface area contributed by atoms with Crippen molar-refractivity contribution in [3.8, 4) is 67.1 Å². The minimum Gasteiger partial charge on any atom is -0.456 e. The molecule has 0 N–H and O–H groups in total. The number of para-hydroxylation sites is 1. The van der Waals surface area contributed by atoms with E-state index in [0.717, 1.165) is 45.1 Å². The lowest BCUT2D eigenvalue weighted by molar-refractivity contribution is 0.487. The van der Waals surface area contributed by atoms with E-state index in [1.54, 1.807) is 0 Å². The van der Waals surface area contributed by atoms with E-state index in [-0.39, 0.29) is 0 Å². The smallest absolute Gasteiger partial charge is 0.135 e. The quantitative estimate of drug-likeness (QED) is 0.159. The first-order valence-electron chi connectivity index (χ1n) is 21.2. The van der Waals surface area contributed by atoms with Gasteiger partial charge in [0.05, 0.1) is 0 Å². The average Bonchev–Trinajstić information content (AvgIpc) is 3.34. The summed E-state index contributed by atoms with van der Waals surface area (Å²) < 4.78 is 6.46. The maximum Gasteiger partial charge on any atom is 0.135 e. The first kappa shape index (κ1) is 35.7. The zero-order chi connectivity index (χ0) is 41.0. The zero-order valence-corrected chi connectivity index (χ0v) is 33.9. The maximum atomic E-state index is 6.46. The predicted octanol–water partition coefficient (Wildman–Crippen LogP) is 17.1. The topological polar surface area (TPSA) is 12.5 Å². The van der Waals surface area contributed by atoms with Gasteiger partial charge < -0.3 is 9.64 Å². The van der Waals surface area contributed by atoms with E-state index in [1.807, 2.05) is 12.1 Å². The highest BCUT2D eigenvalue weighted by molar-refractivity contribution is 6.10. The first-order chi connectivity index (χ1) is 30.7. The summed E-state index contributed by atoms with van der Waals surface area (Å²) in [6.07, 6.45) is 0. The van der Waals surface area contributed by atoms with Crippen LogP contribution in [-0.4, -0.2) is 0 Å². The Hall–Kier alpha value is -8.20. The second-order valence-electron chi connectivity index (χ2n) is 16.1. The summed E-state index contributed by atoms with van der Waals surface area (Å²) in [5.74, 6) is 1.79. The van der Waals surface area contributed by atoms with Crippen molar-refractivity contribution in [2.24, 2.45) is 0 Å². The van der Waals surface area contributed by atoms with Crippen LogP contribution in [0.4, 0.5) is 17.1 Å². The van der Waals surface area contributed by atoms with E-state index in [1.165, 1.54) is 71.4 Å². The van der Waals surface area contributed by atoms with Gasteiger partial charge in [-0.15, -0.1) is 0 Å². The number of anilines is 3. The predicted molar refractivity (Wildman–Crippen MR) is 261 cm³/mol. The van der Waals surface area contributed by atoms with Gasteiger partial charge in [0.1, 0.15) is 11.5 Å². The van der Waals surface area contributed by atoms with Gasteiger partial charge in [0.15, 0.2) is 0 Å². The normalized spacial score (nSPS) is 11.7. The van der Waals surface area contributed by atoms with Crippen molar-refractivity contribution in [1.29, 1.82) is 0 Å². The molecule has 2 nitrogen and oxygen atoms in total. The fraction of sp³-hybridized carbons (Fsp3) is 0. The summed E-state index contributed by atoms with van der Waals surface area (Å²) in [5, 5.41) is 7.33. The van der Waals surface area contributed by atoms with Crippen LogP contribution in [0.1, 0.15) is 0 Å². The molecule has 2 heteroatoms. The number of hydrogen-bond acceptors (Lipinski definition) is 2. The van der Waals surface area contributed by atoms with Gasteiger partial charge in [-0.3, -0.25) is 0 Å². The summed E-state index contributed by atoms with van der Waals surface area (Å²) in [6, 6.07) is 85.5. The van der Waals surface area contributed by atoms with E-state index in [9.17, 15) is 0 Å². The molecule has 62 heavy (non-hydrogen) atoms. The molecule has 0 fully saturated rings. The largest absolute Gasteiger partial charge is 0.456 e. The van der Waals surface area contributed by atoms with Gasteiger partial charge in [0, 0.05) is 28.0 Å². The zero-order valence-electron chi connectivity index (χ0n) is 33.9. The van der Waals surface area contributed by atoms with Crippen LogP contribution in [0.2, 0.25) is 0 Å². The van der Waals surface area contributed by atoms with Gasteiger partial charge in [-0.25, -0.2) is 0 Å². The van der Waals surface area contributed by atoms with Crippen molar-refractivity contribution in [2.75, 3.05) is 4.90 Å². The molecule has 11 aromatic rings. The van der Waals surface area contributed by atoms with E-state index >= 15 is 0 Å². The molecular formula is C60H39NO. The summed E-state index contributed by atoms with van der Waals surface area (Å²) >= 11 is 0. The lowest BCUT2D eigenvalue weighted by Crippen LogP contribution is -2.10. The number of nitrogens with zero attached hydrogens (tertiary/aromatic N) is 1. The van der Waals surface area contributed by atoms with Gasteiger partial charge in [-0.1, -0.05) is 182 Å². The summed E-state index contributed by atoms with van der Waals surface area (Å²) in [7, 11) is 0. The molecule has 1 aliphatic rings. The summed E-state index contributed by atoms with van der Waals surface area (Å²) in [5.41, 5.74) is 15.1. The van der Waals surface area contributed by atoms with E-state index in [2.05, 4.69) is 229 Å². The molecule has 1 aliphatic heterocycles. The number of hydrogen-bond donors (Lipinski definition) is 0. The van der Waals surface area contributed by atoms with Crippen molar-refractivity contribution in [3.05, 3.63) is 237 Å². The molecule has 290 valence electrons. The highest BCUT2D eigenvalue weighted by Crippen LogP contribution is 2.49. The standard InChI is InChI=1S/C60H39NO/c1-2-12-46-38-47(27-24-40(46)10-1)43-30-34-50(35-31-43)61(49-32-28-42(29-33-49)41-22-25-45(26-23-41)53-18-8-13-44-11-3-4-16-52(44)53)51-15-7-14-48(39-51)54-36-37-59-60-56(54)19-9-20-57(60)55-17-5-6-21-58(55)62-59/h1-39H. The molecule has 0 atom stereocenters. The fourth-order valence-corrected chi connectivity index (χ4v) is 9.39. The van der Waals surface area contributed by atoms with Crippen molar-refractivity contribution in [3.63, 3.8) is 0 Å². The Morgan fingerprint density at radius 3 is 1.61 bits per heavy atom. The van der Waals surface area contributed by atoms with Crippen LogP contribution >= 0.6 is 0 Å². The molecule has 0 amide bonds. The minimum atomic E-state index is 0.894. The molecular weight excluding hydrogens is 751 g/mol. The third-order valence-corrected chi connectivity index (χ3v) is 12.5. The second kappa shape index (κ2) is 14.8. The fourth-order valence-electron chi connectivity index (χ4n) is 9.39. The van der Waals surface area contributed by atoms with Crippen LogP contribution < -0.4 is 9.64 Å². The van der Waals surface area contributed by atoms with E-state index < -0.39 is 0 Å². The molecule has 0 aromatic heterocycles. The molecule has 12 rings (SSSR count). The Kier molecular flexibility index (Phi) is 8.53. The van der Waals surface area contributed by atoms with Crippen molar-refractivity contribution >= 4 is 49.4 Å². The third kappa shape index (κ3) is 6.20. The first-order valence-corrected chi connectivity index (χ1v) is 21.2. The Morgan fingerprint density at radius 2 is 0.806 bits per heavy atom. The Bertz CT molecular complexity index is 3470. The highest BCUT2D eigenvalue weighted by Gasteiger charge is 2.22. The van der Waals surface area contributed by atoms with Crippen LogP contribution in [-0.2, 0) is 0 Å². The minimum absolute atomic E-state index is 0.894. The van der Waals surface area contributed by atoms with Gasteiger partial charge in [-0.05, 0) is 132 Å². The molecule has 0 radical (unpaired) electrons. The Labute approximate surface area is 361 Å². The van der Waals surface area contributed by atoms with E-state index in [4.69, 9.17) is 4.74 Å². The van der Waals surface area contributed by atoms with Crippen molar-refractivity contribution in [2.45, 2.75) is 0 Å². The molecule has 0 spiro atoms. The van der Waals surface area contributed by atoms with Gasteiger partial charge >= 0.3 is 0 Å². The van der Waals surface area contributed by atoms with Crippen LogP contribution in [0.3, 0.4) is 0 Å².